The van der Waals surface area contributed by atoms with Crippen molar-refractivity contribution in [3.05, 3.63) is 23.2 Å². The van der Waals surface area contributed by atoms with Crippen LogP contribution >= 0.6 is 22.9 Å². The molecule has 18 heavy (non-hydrogen) atoms. The molecule has 2 aromatic rings. The lowest BCUT2D eigenvalue weighted by Crippen LogP contribution is -2.23. The molecule has 98 valence electrons. The van der Waals surface area contributed by atoms with Gasteiger partial charge in [-0.1, -0.05) is 22.9 Å². The Bertz CT molecular complexity index is 553. The minimum absolute atomic E-state index is 0.476. The predicted molar refractivity (Wildman–Crippen MR) is 68.4 cm³/mol. The Labute approximate surface area is 111 Å². The summed E-state index contributed by atoms with van der Waals surface area (Å²) in [6, 6.07) is 4.48. The Balaban J connectivity index is 2.12. The molecule has 1 atom stereocenters. The van der Waals surface area contributed by atoms with Gasteiger partial charge in [-0.2, -0.15) is 13.2 Å². The molecule has 1 aromatic heterocycles. The van der Waals surface area contributed by atoms with Crippen LogP contribution in [0.15, 0.2) is 18.2 Å². The van der Waals surface area contributed by atoms with Gasteiger partial charge < -0.3 is 5.32 Å². The van der Waals surface area contributed by atoms with Crippen molar-refractivity contribution in [3.8, 4) is 0 Å². The summed E-state index contributed by atoms with van der Waals surface area (Å²) in [6.07, 6.45) is -5.06. The molecule has 0 saturated carbocycles. The van der Waals surface area contributed by atoms with E-state index in [4.69, 9.17) is 11.6 Å². The fourth-order valence-corrected chi connectivity index (χ4v) is 2.82. The summed E-state index contributed by atoms with van der Waals surface area (Å²) >= 11 is 7.12. The number of fused-ring (bicyclic) bond motifs is 1. The van der Waals surface area contributed by atoms with Gasteiger partial charge in [-0.3, -0.25) is 0 Å². The summed E-state index contributed by atoms with van der Waals surface area (Å²) < 4.78 is 37.4. The monoisotopic (exact) mass is 294 g/mol. The molecule has 0 aliphatic rings. The van der Waals surface area contributed by atoms with E-state index in [0.29, 0.717) is 10.2 Å². The SMILES string of the molecule is CC(CC(F)(F)F)Nc1nc2ccc(Cl)cc2s1. The van der Waals surface area contributed by atoms with Crippen LogP contribution in [0.4, 0.5) is 18.3 Å². The molecular formula is C11H10ClF3N2S. The lowest BCUT2D eigenvalue weighted by molar-refractivity contribution is -0.136. The highest BCUT2D eigenvalue weighted by molar-refractivity contribution is 7.22. The van der Waals surface area contributed by atoms with Gasteiger partial charge in [0, 0.05) is 11.1 Å². The van der Waals surface area contributed by atoms with Crippen molar-refractivity contribution < 1.29 is 13.2 Å². The van der Waals surface area contributed by atoms with E-state index in [1.165, 1.54) is 18.3 Å². The van der Waals surface area contributed by atoms with Crippen LogP contribution in [0.25, 0.3) is 10.2 Å². The second-order valence-corrected chi connectivity index (χ2v) is 5.46. The number of alkyl halides is 3. The van der Waals surface area contributed by atoms with Gasteiger partial charge in [0.05, 0.1) is 16.6 Å². The highest BCUT2D eigenvalue weighted by Gasteiger charge is 2.30. The molecule has 1 aromatic carbocycles. The number of hydrogen-bond donors (Lipinski definition) is 1. The molecule has 0 fully saturated rings. The summed E-state index contributed by atoms with van der Waals surface area (Å²) in [5.41, 5.74) is 0.728. The minimum Gasteiger partial charge on any atom is -0.359 e. The summed E-state index contributed by atoms with van der Waals surface area (Å²) in [5.74, 6) is 0. The molecule has 0 aliphatic carbocycles. The van der Waals surface area contributed by atoms with Crippen LogP contribution in [0.3, 0.4) is 0 Å². The Morgan fingerprint density at radius 3 is 2.83 bits per heavy atom. The minimum atomic E-state index is -4.17. The lowest BCUT2D eigenvalue weighted by Gasteiger charge is -2.14. The molecule has 1 heterocycles. The summed E-state index contributed by atoms with van der Waals surface area (Å²) in [5, 5.41) is 3.81. The number of nitrogens with zero attached hydrogens (tertiary/aromatic N) is 1. The maximum Gasteiger partial charge on any atom is 0.391 e. The number of nitrogens with one attached hydrogen (secondary N) is 1. The lowest BCUT2D eigenvalue weighted by atomic mass is 10.2. The standard InChI is InChI=1S/C11H10ClF3N2S/c1-6(5-11(13,14)15)16-10-17-8-3-2-7(12)4-9(8)18-10/h2-4,6H,5H2,1H3,(H,16,17). The number of halogens is 4. The Morgan fingerprint density at radius 2 is 2.17 bits per heavy atom. The molecule has 0 amide bonds. The van der Waals surface area contributed by atoms with Gasteiger partial charge in [0.2, 0.25) is 0 Å². The molecule has 0 saturated heterocycles. The Kier molecular flexibility index (Phi) is 3.68. The van der Waals surface area contributed by atoms with Gasteiger partial charge >= 0.3 is 6.18 Å². The predicted octanol–water partition coefficient (Wildman–Crippen LogP) is 4.70. The zero-order valence-electron chi connectivity index (χ0n) is 9.38. The van der Waals surface area contributed by atoms with Crippen LogP contribution in [-0.4, -0.2) is 17.2 Å². The number of anilines is 1. The number of hydrogen-bond acceptors (Lipinski definition) is 3. The number of benzene rings is 1. The van der Waals surface area contributed by atoms with Crippen LogP contribution in [0.5, 0.6) is 0 Å². The van der Waals surface area contributed by atoms with E-state index in [9.17, 15) is 13.2 Å². The Morgan fingerprint density at radius 1 is 1.44 bits per heavy atom. The van der Waals surface area contributed by atoms with Crippen molar-refractivity contribution in [1.29, 1.82) is 0 Å². The van der Waals surface area contributed by atoms with Gasteiger partial charge in [-0.05, 0) is 25.1 Å². The molecule has 7 heteroatoms. The Hall–Kier alpha value is -1.01. The van der Waals surface area contributed by atoms with Gasteiger partial charge in [0.15, 0.2) is 5.13 Å². The third kappa shape index (κ3) is 3.49. The van der Waals surface area contributed by atoms with E-state index >= 15 is 0 Å². The summed E-state index contributed by atoms with van der Waals surface area (Å²) in [4.78, 5) is 4.21. The average Bonchev–Trinajstić information content (AvgIpc) is 2.55. The normalized spacial score (nSPS) is 13.8. The van der Waals surface area contributed by atoms with E-state index in [1.807, 2.05) is 0 Å². The van der Waals surface area contributed by atoms with Crippen molar-refractivity contribution in [2.24, 2.45) is 0 Å². The van der Waals surface area contributed by atoms with Gasteiger partial charge in [-0.15, -0.1) is 0 Å². The summed E-state index contributed by atoms with van der Waals surface area (Å²) in [7, 11) is 0. The first-order valence-electron chi connectivity index (χ1n) is 5.23. The molecule has 0 spiro atoms. The van der Waals surface area contributed by atoms with Gasteiger partial charge in [0.1, 0.15) is 0 Å². The third-order valence-electron chi connectivity index (χ3n) is 2.26. The molecule has 0 aliphatic heterocycles. The van der Waals surface area contributed by atoms with Gasteiger partial charge in [-0.25, -0.2) is 4.98 Å². The second-order valence-electron chi connectivity index (χ2n) is 4.00. The summed E-state index contributed by atoms with van der Waals surface area (Å²) in [6.45, 7) is 1.48. The first-order chi connectivity index (χ1) is 8.33. The first kappa shape index (κ1) is 13.4. The average molecular weight is 295 g/mol. The number of aromatic nitrogens is 1. The smallest absolute Gasteiger partial charge is 0.359 e. The molecule has 1 unspecified atom stereocenters. The zero-order chi connectivity index (χ0) is 13.3. The van der Waals surface area contributed by atoms with Crippen molar-refractivity contribution in [2.45, 2.75) is 25.6 Å². The molecule has 1 N–H and O–H groups in total. The highest BCUT2D eigenvalue weighted by Crippen LogP contribution is 2.30. The number of thiazole rings is 1. The van der Waals surface area contributed by atoms with Crippen molar-refractivity contribution in [1.82, 2.24) is 4.98 Å². The van der Waals surface area contributed by atoms with Gasteiger partial charge in [0.25, 0.3) is 0 Å². The second kappa shape index (κ2) is 4.93. The fraction of sp³-hybridized carbons (Fsp3) is 0.364. The maximum atomic E-state index is 12.2. The zero-order valence-corrected chi connectivity index (χ0v) is 11.0. The molecule has 0 radical (unpaired) electrons. The molecule has 0 bridgehead atoms. The highest BCUT2D eigenvalue weighted by atomic mass is 35.5. The molecule has 2 nitrogen and oxygen atoms in total. The maximum absolute atomic E-state index is 12.2. The topological polar surface area (TPSA) is 24.9 Å². The van der Waals surface area contributed by atoms with E-state index in [0.717, 1.165) is 10.2 Å². The van der Waals surface area contributed by atoms with Crippen molar-refractivity contribution in [2.75, 3.05) is 5.32 Å². The fourth-order valence-electron chi connectivity index (χ4n) is 1.57. The van der Waals surface area contributed by atoms with Crippen LogP contribution in [0, 0.1) is 0 Å². The molecular weight excluding hydrogens is 285 g/mol. The van der Waals surface area contributed by atoms with E-state index in [1.54, 1.807) is 18.2 Å². The van der Waals surface area contributed by atoms with E-state index in [-0.39, 0.29) is 0 Å². The quantitative estimate of drug-likeness (QED) is 0.887. The first-order valence-corrected chi connectivity index (χ1v) is 6.42. The van der Waals surface area contributed by atoms with Crippen LogP contribution in [-0.2, 0) is 0 Å². The van der Waals surface area contributed by atoms with Crippen LogP contribution in [0.1, 0.15) is 13.3 Å². The largest absolute Gasteiger partial charge is 0.391 e. The number of rotatable bonds is 3. The van der Waals surface area contributed by atoms with E-state index < -0.39 is 18.6 Å². The van der Waals surface area contributed by atoms with Crippen LogP contribution in [0.2, 0.25) is 5.02 Å². The van der Waals surface area contributed by atoms with E-state index in [2.05, 4.69) is 10.3 Å². The van der Waals surface area contributed by atoms with Crippen molar-refractivity contribution >= 4 is 38.3 Å². The third-order valence-corrected chi connectivity index (χ3v) is 3.44. The van der Waals surface area contributed by atoms with Crippen LogP contribution < -0.4 is 5.32 Å². The molecule has 2 rings (SSSR count). The van der Waals surface area contributed by atoms with Crippen molar-refractivity contribution in [3.63, 3.8) is 0 Å².